The first kappa shape index (κ1) is 21.4. The number of hydrogen-bond donors (Lipinski definition) is 0. The minimum absolute atomic E-state index is 0.126. The standard InChI is InChI=1S/C15H27Cl5/c16-12-10-8-6-4-2-1-3-5-7-9-11-13(17)14(18)15(19)20/h13-15H,1-12H2. The second-order valence-electron chi connectivity index (χ2n) is 5.31. The van der Waals surface area contributed by atoms with Crippen molar-refractivity contribution >= 4 is 58.0 Å². The summed E-state index contributed by atoms with van der Waals surface area (Å²) in [5.74, 6) is 0.804. The minimum atomic E-state index is -0.585. The maximum Gasteiger partial charge on any atom is 0.125 e. The van der Waals surface area contributed by atoms with E-state index in [0.717, 1.165) is 25.1 Å². The zero-order valence-corrected chi connectivity index (χ0v) is 15.9. The first-order chi connectivity index (χ1) is 9.59. The number of hydrogen-bond acceptors (Lipinski definition) is 0. The van der Waals surface area contributed by atoms with Crippen LogP contribution >= 0.6 is 58.0 Å². The maximum absolute atomic E-state index is 6.14. The van der Waals surface area contributed by atoms with Crippen LogP contribution in [0.5, 0.6) is 0 Å². The average molecular weight is 385 g/mol. The van der Waals surface area contributed by atoms with Crippen LogP contribution < -0.4 is 0 Å². The fourth-order valence-corrected chi connectivity index (χ4v) is 3.28. The molecular formula is C15H27Cl5. The maximum atomic E-state index is 6.14. The van der Waals surface area contributed by atoms with Gasteiger partial charge in [-0.1, -0.05) is 57.8 Å². The summed E-state index contributed by atoms with van der Waals surface area (Å²) < 4.78 is 0. The molecular weight excluding hydrogens is 357 g/mol. The number of unbranched alkanes of at least 4 members (excludes halogenated alkanes) is 9. The van der Waals surface area contributed by atoms with E-state index in [-0.39, 0.29) is 10.8 Å². The lowest BCUT2D eigenvalue weighted by Gasteiger charge is -2.16. The van der Waals surface area contributed by atoms with Crippen LogP contribution in [0.3, 0.4) is 0 Å². The highest BCUT2D eigenvalue weighted by atomic mass is 35.5. The molecule has 0 aromatic carbocycles. The van der Waals surface area contributed by atoms with Gasteiger partial charge < -0.3 is 0 Å². The molecule has 0 saturated carbocycles. The van der Waals surface area contributed by atoms with Crippen LogP contribution in [0.15, 0.2) is 0 Å². The monoisotopic (exact) mass is 382 g/mol. The summed E-state index contributed by atoms with van der Waals surface area (Å²) in [6.07, 6.45) is 13.6. The van der Waals surface area contributed by atoms with Crippen molar-refractivity contribution in [2.45, 2.75) is 86.2 Å². The fraction of sp³-hybridized carbons (Fsp3) is 1.00. The van der Waals surface area contributed by atoms with Crippen molar-refractivity contribution in [1.29, 1.82) is 0 Å². The highest BCUT2D eigenvalue weighted by Gasteiger charge is 2.22. The van der Waals surface area contributed by atoms with Crippen molar-refractivity contribution in [3.05, 3.63) is 0 Å². The highest BCUT2D eigenvalue weighted by Crippen LogP contribution is 2.25. The molecule has 0 bridgehead atoms. The summed E-state index contributed by atoms with van der Waals surface area (Å²) in [6.45, 7) is 0. The highest BCUT2D eigenvalue weighted by molar-refractivity contribution is 6.49. The predicted octanol–water partition coefficient (Wildman–Crippen LogP) is 7.53. The first-order valence-corrected chi connectivity index (χ1v) is 10.00. The average Bonchev–Trinajstić information content (AvgIpc) is 2.43. The molecule has 0 nitrogen and oxygen atoms in total. The second kappa shape index (κ2) is 15.3. The van der Waals surface area contributed by atoms with E-state index in [0.29, 0.717) is 0 Å². The molecule has 0 aromatic rings. The Labute approximate surface area is 149 Å². The van der Waals surface area contributed by atoms with E-state index in [1.165, 1.54) is 51.4 Å². The molecule has 0 rings (SSSR count). The van der Waals surface area contributed by atoms with Gasteiger partial charge in [-0.15, -0.1) is 58.0 Å². The van der Waals surface area contributed by atoms with E-state index >= 15 is 0 Å². The SMILES string of the molecule is ClCCCCCCCCCCCCC(Cl)C(Cl)C(Cl)Cl. The fourth-order valence-electron chi connectivity index (χ4n) is 2.17. The van der Waals surface area contributed by atoms with Gasteiger partial charge in [-0.05, 0) is 12.8 Å². The van der Waals surface area contributed by atoms with Crippen LogP contribution in [-0.4, -0.2) is 21.5 Å². The Hall–Kier alpha value is 1.45. The molecule has 2 atom stereocenters. The van der Waals surface area contributed by atoms with Gasteiger partial charge in [0.2, 0.25) is 0 Å². The Morgan fingerprint density at radius 2 is 0.950 bits per heavy atom. The summed E-state index contributed by atoms with van der Waals surface area (Å²) >= 11 is 29.2. The zero-order chi connectivity index (χ0) is 15.2. The van der Waals surface area contributed by atoms with Gasteiger partial charge in [-0.25, -0.2) is 0 Å². The third-order valence-corrected chi connectivity index (χ3v) is 5.69. The van der Waals surface area contributed by atoms with Crippen LogP contribution in [0.25, 0.3) is 0 Å². The largest absolute Gasteiger partial charge is 0.127 e. The van der Waals surface area contributed by atoms with Crippen molar-refractivity contribution in [3.63, 3.8) is 0 Å². The van der Waals surface area contributed by atoms with Crippen molar-refractivity contribution in [2.24, 2.45) is 0 Å². The van der Waals surface area contributed by atoms with E-state index in [2.05, 4.69) is 0 Å². The van der Waals surface area contributed by atoms with Crippen molar-refractivity contribution in [2.75, 3.05) is 5.88 Å². The normalized spacial score (nSPS) is 14.7. The molecule has 122 valence electrons. The molecule has 0 fully saturated rings. The lowest BCUT2D eigenvalue weighted by atomic mass is 10.0. The van der Waals surface area contributed by atoms with Crippen LogP contribution in [0, 0.1) is 0 Å². The molecule has 0 aromatic heterocycles. The Morgan fingerprint density at radius 1 is 0.550 bits per heavy atom. The van der Waals surface area contributed by atoms with Gasteiger partial charge in [0.1, 0.15) is 4.84 Å². The van der Waals surface area contributed by atoms with E-state index in [1.807, 2.05) is 0 Å². The molecule has 0 radical (unpaired) electrons. The summed E-state index contributed by atoms with van der Waals surface area (Å²) in [7, 11) is 0. The lowest BCUT2D eigenvalue weighted by molar-refractivity contribution is 0.544. The van der Waals surface area contributed by atoms with Crippen LogP contribution in [0.4, 0.5) is 0 Å². The minimum Gasteiger partial charge on any atom is -0.127 e. The Bertz CT molecular complexity index is 199. The summed E-state index contributed by atoms with van der Waals surface area (Å²) in [5, 5.41) is -0.480. The zero-order valence-electron chi connectivity index (χ0n) is 12.1. The van der Waals surface area contributed by atoms with Crippen molar-refractivity contribution < 1.29 is 0 Å². The number of halogens is 5. The first-order valence-electron chi connectivity index (χ1n) is 7.72. The Balaban J connectivity index is 3.20. The number of rotatable bonds is 14. The predicted molar refractivity (Wildman–Crippen MR) is 96.3 cm³/mol. The molecule has 0 amide bonds. The lowest BCUT2D eigenvalue weighted by Crippen LogP contribution is -2.21. The topological polar surface area (TPSA) is 0 Å². The van der Waals surface area contributed by atoms with Crippen molar-refractivity contribution in [3.8, 4) is 0 Å². The third-order valence-electron chi connectivity index (χ3n) is 3.45. The molecule has 5 heteroatoms. The molecule has 0 N–H and O–H groups in total. The molecule has 20 heavy (non-hydrogen) atoms. The molecule has 0 heterocycles. The van der Waals surface area contributed by atoms with E-state index < -0.39 is 4.84 Å². The second-order valence-corrected chi connectivity index (χ2v) is 7.91. The molecule has 0 spiro atoms. The Morgan fingerprint density at radius 3 is 1.35 bits per heavy atom. The van der Waals surface area contributed by atoms with Crippen LogP contribution in [-0.2, 0) is 0 Å². The summed E-state index contributed by atoms with van der Waals surface area (Å²) in [5.41, 5.74) is 0. The molecule has 0 saturated heterocycles. The van der Waals surface area contributed by atoms with Gasteiger partial charge in [0.05, 0.1) is 10.8 Å². The molecule has 0 aliphatic heterocycles. The summed E-state index contributed by atoms with van der Waals surface area (Å²) in [4.78, 5) is -0.585. The smallest absolute Gasteiger partial charge is 0.125 e. The molecule has 0 aliphatic carbocycles. The van der Waals surface area contributed by atoms with Gasteiger partial charge in [0, 0.05) is 5.88 Å². The van der Waals surface area contributed by atoms with Crippen LogP contribution in [0.1, 0.15) is 70.6 Å². The van der Waals surface area contributed by atoms with E-state index in [1.54, 1.807) is 0 Å². The van der Waals surface area contributed by atoms with Gasteiger partial charge in [0.15, 0.2) is 0 Å². The van der Waals surface area contributed by atoms with Gasteiger partial charge in [-0.3, -0.25) is 0 Å². The number of alkyl halides is 5. The van der Waals surface area contributed by atoms with Crippen molar-refractivity contribution in [1.82, 2.24) is 0 Å². The van der Waals surface area contributed by atoms with Gasteiger partial charge >= 0.3 is 0 Å². The molecule has 0 aliphatic rings. The van der Waals surface area contributed by atoms with Crippen LogP contribution in [0.2, 0.25) is 0 Å². The quantitative estimate of drug-likeness (QED) is 0.214. The molecule has 2 unspecified atom stereocenters. The van der Waals surface area contributed by atoms with E-state index in [4.69, 9.17) is 58.0 Å². The van der Waals surface area contributed by atoms with E-state index in [9.17, 15) is 0 Å². The Kier molecular flexibility index (Phi) is 16.5. The van der Waals surface area contributed by atoms with Gasteiger partial charge in [0.25, 0.3) is 0 Å². The van der Waals surface area contributed by atoms with Gasteiger partial charge in [-0.2, -0.15) is 0 Å². The summed E-state index contributed by atoms with van der Waals surface area (Å²) in [6, 6.07) is 0. The third kappa shape index (κ3) is 13.1.